The zero-order chi connectivity index (χ0) is 18.9. The summed E-state index contributed by atoms with van der Waals surface area (Å²) in [6.07, 6.45) is 1.78. The van der Waals surface area contributed by atoms with E-state index < -0.39 is 17.7 Å². The van der Waals surface area contributed by atoms with Crippen molar-refractivity contribution in [1.29, 1.82) is 0 Å². The fourth-order valence-corrected chi connectivity index (χ4v) is 4.00. The zero-order valence-corrected chi connectivity index (χ0v) is 17.0. The Hall–Kier alpha value is -1.24. The Morgan fingerprint density at radius 2 is 1.93 bits per heavy atom. The normalized spacial score (nSPS) is 23.0. The molecule has 0 radical (unpaired) electrons. The van der Waals surface area contributed by atoms with E-state index in [0.29, 0.717) is 25.1 Å². The van der Waals surface area contributed by atoms with E-state index in [4.69, 9.17) is 4.74 Å². The standard InChI is InChI=1S/C20H28F2N2O2.ClH/c1-14(2)24-13-20(26-15(3)19(24)25)8-11-23(12-9-20)10-7-16-5-4-6-17(21)18(16)22;/h4-6,14-15H,7-13H2,1-3H3;1H. The highest BCUT2D eigenvalue weighted by atomic mass is 35.5. The smallest absolute Gasteiger partial charge is 0.251 e. The van der Waals surface area contributed by atoms with E-state index in [1.165, 1.54) is 0 Å². The Bertz CT molecular complexity index is 663. The van der Waals surface area contributed by atoms with Crippen LogP contribution in [0.1, 0.15) is 39.2 Å². The van der Waals surface area contributed by atoms with Gasteiger partial charge in [0.25, 0.3) is 5.91 Å². The van der Waals surface area contributed by atoms with Crippen LogP contribution in [0.2, 0.25) is 0 Å². The first-order valence-corrected chi connectivity index (χ1v) is 9.45. The Morgan fingerprint density at radius 1 is 1.26 bits per heavy atom. The number of carbonyl (C=O) groups is 1. The molecule has 2 saturated heterocycles. The predicted molar refractivity (Wildman–Crippen MR) is 103 cm³/mol. The Balaban J connectivity index is 0.00000261. The van der Waals surface area contributed by atoms with Gasteiger partial charge >= 0.3 is 0 Å². The largest absolute Gasteiger partial charge is 0.360 e. The molecular weight excluding hydrogens is 374 g/mol. The molecule has 27 heavy (non-hydrogen) atoms. The summed E-state index contributed by atoms with van der Waals surface area (Å²) in [6.45, 7) is 8.91. The molecule has 1 aromatic carbocycles. The summed E-state index contributed by atoms with van der Waals surface area (Å²) in [5.41, 5.74) is 0.141. The van der Waals surface area contributed by atoms with Gasteiger partial charge in [0.1, 0.15) is 6.10 Å². The number of benzene rings is 1. The minimum atomic E-state index is -0.789. The van der Waals surface area contributed by atoms with E-state index in [-0.39, 0.29) is 30.0 Å². The third kappa shape index (κ3) is 4.79. The van der Waals surface area contributed by atoms with Crippen LogP contribution in [0.15, 0.2) is 18.2 Å². The SMILES string of the molecule is CC1OC2(CCN(CCc3cccc(F)c3F)CC2)CN(C(C)C)C1=O.Cl. The second-order valence-electron chi connectivity index (χ2n) is 7.81. The van der Waals surface area contributed by atoms with E-state index in [0.717, 1.165) is 32.0 Å². The summed E-state index contributed by atoms with van der Waals surface area (Å²) in [6, 6.07) is 4.50. The van der Waals surface area contributed by atoms with Gasteiger partial charge in [-0.3, -0.25) is 4.79 Å². The third-order valence-corrected chi connectivity index (χ3v) is 5.64. The highest BCUT2D eigenvalue weighted by Gasteiger charge is 2.45. The maximum atomic E-state index is 13.8. The molecule has 0 saturated carbocycles. The molecule has 0 aliphatic carbocycles. The molecular formula is C20H29ClF2N2O2. The van der Waals surface area contributed by atoms with Gasteiger partial charge in [0.15, 0.2) is 11.6 Å². The molecule has 1 aromatic rings. The van der Waals surface area contributed by atoms with E-state index in [2.05, 4.69) is 4.90 Å². The summed E-state index contributed by atoms with van der Waals surface area (Å²) >= 11 is 0. The summed E-state index contributed by atoms with van der Waals surface area (Å²) in [5, 5.41) is 0. The van der Waals surface area contributed by atoms with E-state index >= 15 is 0 Å². The average Bonchev–Trinajstić information content (AvgIpc) is 2.61. The second kappa shape index (κ2) is 8.84. The van der Waals surface area contributed by atoms with Crippen LogP contribution in [0.3, 0.4) is 0 Å². The van der Waals surface area contributed by atoms with Crippen molar-refractivity contribution in [1.82, 2.24) is 9.80 Å². The maximum absolute atomic E-state index is 13.8. The van der Waals surface area contributed by atoms with Crippen LogP contribution in [0.4, 0.5) is 8.78 Å². The monoisotopic (exact) mass is 402 g/mol. The van der Waals surface area contributed by atoms with Gasteiger partial charge < -0.3 is 14.5 Å². The average molecular weight is 403 g/mol. The zero-order valence-electron chi connectivity index (χ0n) is 16.2. The molecule has 4 nitrogen and oxygen atoms in total. The van der Waals surface area contributed by atoms with Gasteiger partial charge in [-0.25, -0.2) is 8.78 Å². The number of nitrogens with zero attached hydrogens (tertiary/aromatic N) is 2. The highest BCUT2D eigenvalue weighted by Crippen LogP contribution is 2.33. The van der Waals surface area contributed by atoms with Gasteiger partial charge in [0.2, 0.25) is 0 Å². The molecule has 1 atom stereocenters. The van der Waals surface area contributed by atoms with Crippen LogP contribution in [-0.4, -0.2) is 59.6 Å². The molecule has 1 spiro atoms. The van der Waals surface area contributed by atoms with Crippen molar-refractivity contribution >= 4 is 18.3 Å². The second-order valence-corrected chi connectivity index (χ2v) is 7.81. The minimum Gasteiger partial charge on any atom is -0.360 e. The lowest BCUT2D eigenvalue weighted by Crippen LogP contribution is -2.62. The number of piperidine rings is 1. The van der Waals surface area contributed by atoms with Crippen molar-refractivity contribution in [3.8, 4) is 0 Å². The molecule has 2 aliphatic rings. The first-order valence-electron chi connectivity index (χ1n) is 9.45. The third-order valence-electron chi connectivity index (χ3n) is 5.64. The molecule has 3 rings (SSSR count). The summed E-state index contributed by atoms with van der Waals surface area (Å²) in [4.78, 5) is 16.5. The summed E-state index contributed by atoms with van der Waals surface area (Å²) < 4.78 is 33.2. The Kier molecular flexibility index (Phi) is 7.22. The summed E-state index contributed by atoms with van der Waals surface area (Å²) in [5.74, 6) is -1.46. The lowest BCUT2D eigenvalue weighted by molar-refractivity contribution is -0.192. The molecule has 2 heterocycles. The van der Waals surface area contributed by atoms with Crippen molar-refractivity contribution in [2.45, 2.75) is 57.8 Å². The predicted octanol–water partition coefficient (Wildman–Crippen LogP) is 3.42. The number of rotatable bonds is 4. The number of carbonyl (C=O) groups excluding carboxylic acids is 1. The van der Waals surface area contributed by atoms with Crippen molar-refractivity contribution in [3.63, 3.8) is 0 Å². The number of hydrogen-bond acceptors (Lipinski definition) is 3. The number of amides is 1. The van der Waals surface area contributed by atoms with Gasteiger partial charge in [0, 0.05) is 25.7 Å². The summed E-state index contributed by atoms with van der Waals surface area (Å²) in [7, 11) is 0. The maximum Gasteiger partial charge on any atom is 0.251 e. The van der Waals surface area contributed by atoms with Crippen LogP contribution in [0, 0.1) is 11.6 Å². The van der Waals surface area contributed by atoms with Crippen molar-refractivity contribution in [2.24, 2.45) is 0 Å². The van der Waals surface area contributed by atoms with Crippen molar-refractivity contribution in [3.05, 3.63) is 35.4 Å². The fourth-order valence-electron chi connectivity index (χ4n) is 4.00. The number of halogens is 3. The first kappa shape index (κ1) is 22.1. The molecule has 0 N–H and O–H groups in total. The van der Waals surface area contributed by atoms with Crippen LogP contribution in [0.25, 0.3) is 0 Å². The van der Waals surface area contributed by atoms with E-state index in [1.807, 2.05) is 25.7 Å². The lowest BCUT2D eigenvalue weighted by Gasteiger charge is -2.50. The lowest BCUT2D eigenvalue weighted by atomic mass is 9.88. The van der Waals surface area contributed by atoms with Gasteiger partial charge in [-0.15, -0.1) is 12.4 Å². The topological polar surface area (TPSA) is 32.8 Å². The van der Waals surface area contributed by atoms with Gasteiger partial charge in [-0.1, -0.05) is 12.1 Å². The fraction of sp³-hybridized carbons (Fsp3) is 0.650. The van der Waals surface area contributed by atoms with E-state index in [1.54, 1.807) is 12.1 Å². The number of ether oxygens (including phenoxy) is 1. The number of morpholine rings is 1. The van der Waals surface area contributed by atoms with Crippen LogP contribution < -0.4 is 0 Å². The molecule has 1 amide bonds. The van der Waals surface area contributed by atoms with Crippen molar-refractivity contribution < 1.29 is 18.3 Å². The van der Waals surface area contributed by atoms with Crippen LogP contribution in [-0.2, 0) is 16.0 Å². The van der Waals surface area contributed by atoms with Crippen molar-refractivity contribution in [2.75, 3.05) is 26.2 Å². The van der Waals surface area contributed by atoms with Crippen LogP contribution >= 0.6 is 12.4 Å². The van der Waals surface area contributed by atoms with Gasteiger partial charge in [-0.05, 0) is 51.7 Å². The Labute approximate surface area is 166 Å². The quantitative estimate of drug-likeness (QED) is 0.773. The molecule has 2 fully saturated rings. The number of likely N-dealkylation sites (tertiary alicyclic amines) is 1. The molecule has 152 valence electrons. The van der Waals surface area contributed by atoms with Gasteiger partial charge in [-0.2, -0.15) is 0 Å². The highest BCUT2D eigenvalue weighted by molar-refractivity contribution is 5.85. The number of hydrogen-bond donors (Lipinski definition) is 0. The molecule has 0 aromatic heterocycles. The Morgan fingerprint density at radius 3 is 2.56 bits per heavy atom. The first-order chi connectivity index (χ1) is 12.3. The van der Waals surface area contributed by atoms with E-state index in [9.17, 15) is 13.6 Å². The molecule has 1 unspecified atom stereocenters. The molecule has 2 aliphatic heterocycles. The van der Waals surface area contributed by atoms with Gasteiger partial charge in [0.05, 0.1) is 12.1 Å². The van der Waals surface area contributed by atoms with Crippen LogP contribution in [0.5, 0.6) is 0 Å². The molecule has 0 bridgehead atoms. The minimum absolute atomic E-state index is 0. The molecule has 7 heteroatoms.